The van der Waals surface area contributed by atoms with E-state index in [1.54, 1.807) is 12.1 Å². The lowest BCUT2D eigenvalue weighted by atomic mass is 10.0. The molecule has 0 aromatic heterocycles. The van der Waals surface area contributed by atoms with Crippen molar-refractivity contribution in [2.45, 2.75) is 32.4 Å². The van der Waals surface area contributed by atoms with Gasteiger partial charge in [0.2, 0.25) is 0 Å². The van der Waals surface area contributed by atoms with E-state index in [0.717, 1.165) is 5.56 Å². The van der Waals surface area contributed by atoms with E-state index >= 15 is 0 Å². The molecule has 3 nitrogen and oxygen atoms in total. The number of aliphatic hydroxyl groups excluding tert-OH is 1. The van der Waals surface area contributed by atoms with Crippen molar-refractivity contribution in [1.29, 1.82) is 0 Å². The molecule has 0 amide bonds. The van der Waals surface area contributed by atoms with Crippen molar-refractivity contribution < 1.29 is 5.11 Å². The van der Waals surface area contributed by atoms with Crippen LogP contribution in [0.2, 0.25) is 10.0 Å². The molecule has 0 radical (unpaired) electrons. The molecule has 0 saturated carbocycles. The number of nitrogens with one attached hydrogen (secondary N) is 1. The molecule has 0 heterocycles. The van der Waals surface area contributed by atoms with Gasteiger partial charge in [-0.2, -0.15) is 0 Å². The molecule has 5 heteroatoms. The average molecular weight is 277 g/mol. The molecular formula is C12H18Cl2N2O. The fourth-order valence-corrected chi connectivity index (χ4v) is 2.07. The molecule has 0 spiro atoms. The highest BCUT2D eigenvalue weighted by Gasteiger charge is 2.19. The van der Waals surface area contributed by atoms with Gasteiger partial charge in [0.1, 0.15) is 0 Å². The topological polar surface area (TPSA) is 58.3 Å². The average Bonchev–Trinajstić information content (AvgIpc) is 2.20. The summed E-state index contributed by atoms with van der Waals surface area (Å²) in [6, 6.07) is 3.23. The lowest BCUT2D eigenvalue weighted by molar-refractivity contribution is 0.217. The van der Waals surface area contributed by atoms with E-state index in [-0.39, 0.29) is 18.2 Å². The first-order chi connectivity index (χ1) is 7.74. The number of anilines is 1. The molecule has 4 N–H and O–H groups in total. The molecule has 17 heavy (non-hydrogen) atoms. The number of aliphatic hydroxyl groups is 1. The molecule has 1 aromatic carbocycles. The van der Waals surface area contributed by atoms with Crippen LogP contribution in [0.15, 0.2) is 12.1 Å². The lowest BCUT2D eigenvalue weighted by Crippen LogP contribution is -2.40. The van der Waals surface area contributed by atoms with Gasteiger partial charge in [-0.25, -0.2) is 0 Å². The Balaban J connectivity index is 3.05. The van der Waals surface area contributed by atoms with Crippen LogP contribution in [0.25, 0.3) is 0 Å². The number of benzene rings is 1. The highest BCUT2D eigenvalue weighted by atomic mass is 35.5. The van der Waals surface area contributed by atoms with Gasteiger partial charge >= 0.3 is 0 Å². The fourth-order valence-electron chi connectivity index (χ4n) is 1.56. The van der Waals surface area contributed by atoms with E-state index in [1.165, 1.54) is 0 Å². The maximum absolute atomic E-state index is 9.41. The van der Waals surface area contributed by atoms with Gasteiger partial charge in [0.15, 0.2) is 0 Å². The highest BCUT2D eigenvalue weighted by molar-refractivity contribution is 6.38. The fraction of sp³-hybridized carbons (Fsp3) is 0.500. The zero-order chi connectivity index (χ0) is 13.2. The summed E-state index contributed by atoms with van der Waals surface area (Å²) >= 11 is 11.9. The van der Waals surface area contributed by atoms with Gasteiger partial charge in [-0.15, -0.1) is 0 Å². The molecule has 1 atom stereocenters. The Kier molecular flexibility index (Phi) is 4.67. The van der Waals surface area contributed by atoms with Crippen molar-refractivity contribution in [3.63, 3.8) is 0 Å². The minimum Gasteiger partial charge on any atom is -0.396 e. The third-order valence-electron chi connectivity index (χ3n) is 2.29. The molecule has 1 unspecified atom stereocenters. The Labute approximate surface area is 112 Å². The van der Waals surface area contributed by atoms with E-state index in [1.807, 2.05) is 20.8 Å². The van der Waals surface area contributed by atoms with Gasteiger partial charge in [0, 0.05) is 5.54 Å². The zero-order valence-electron chi connectivity index (χ0n) is 10.2. The van der Waals surface area contributed by atoms with Crippen molar-refractivity contribution in [2.24, 2.45) is 0 Å². The Hall–Kier alpha value is -0.480. The predicted molar refractivity (Wildman–Crippen MR) is 73.6 cm³/mol. The zero-order valence-corrected chi connectivity index (χ0v) is 11.7. The first kappa shape index (κ1) is 14.6. The number of hydrogen-bond acceptors (Lipinski definition) is 3. The van der Waals surface area contributed by atoms with Gasteiger partial charge in [0.05, 0.1) is 28.4 Å². The first-order valence-corrected chi connectivity index (χ1v) is 6.13. The summed E-state index contributed by atoms with van der Waals surface area (Å²) in [7, 11) is 0. The van der Waals surface area contributed by atoms with Gasteiger partial charge in [-0.05, 0) is 38.5 Å². The summed E-state index contributed by atoms with van der Waals surface area (Å²) in [6.07, 6.45) is 0. The minimum atomic E-state index is -0.217. The van der Waals surface area contributed by atoms with Crippen LogP contribution in [0, 0.1) is 0 Å². The lowest BCUT2D eigenvalue weighted by Gasteiger charge is -2.28. The van der Waals surface area contributed by atoms with Crippen LogP contribution in [0.4, 0.5) is 5.69 Å². The predicted octanol–water partition coefficient (Wildman–Crippen LogP) is 3.00. The van der Waals surface area contributed by atoms with Crippen molar-refractivity contribution in [1.82, 2.24) is 5.32 Å². The van der Waals surface area contributed by atoms with Crippen LogP contribution in [0.5, 0.6) is 0 Å². The molecule has 0 aliphatic heterocycles. The van der Waals surface area contributed by atoms with E-state index < -0.39 is 0 Å². The number of rotatable bonds is 3. The van der Waals surface area contributed by atoms with E-state index in [2.05, 4.69) is 5.32 Å². The summed E-state index contributed by atoms with van der Waals surface area (Å²) in [4.78, 5) is 0. The second-order valence-electron chi connectivity index (χ2n) is 5.03. The molecule has 0 fully saturated rings. The highest BCUT2D eigenvalue weighted by Crippen LogP contribution is 2.31. The normalized spacial score (nSPS) is 13.8. The molecule has 96 valence electrons. The molecule has 1 aromatic rings. The summed E-state index contributed by atoms with van der Waals surface area (Å²) in [6.45, 7) is 6.04. The minimum absolute atomic E-state index is 0.0339. The van der Waals surface area contributed by atoms with E-state index in [0.29, 0.717) is 15.7 Å². The molecule has 0 saturated heterocycles. The third kappa shape index (κ3) is 4.03. The summed E-state index contributed by atoms with van der Waals surface area (Å²) in [5.41, 5.74) is 6.75. The Morgan fingerprint density at radius 2 is 1.76 bits per heavy atom. The monoisotopic (exact) mass is 276 g/mol. The first-order valence-electron chi connectivity index (χ1n) is 5.37. The van der Waals surface area contributed by atoms with Crippen molar-refractivity contribution in [3.8, 4) is 0 Å². The number of nitrogens with two attached hydrogens (primary N) is 1. The number of halogens is 2. The van der Waals surface area contributed by atoms with Crippen LogP contribution >= 0.6 is 23.2 Å². The summed E-state index contributed by atoms with van der Waals surface area (Å²) < 4.78 is 0. The Morgan fingerprint density at radius 3 is 2.12 bits per heavy atom. The molecular weight excluding hydrogens is 259 g/mol. The van der Waals surface area contributed by atoms with Crippen molar-refractivity contribution in [3.05, 3.63) is 27.7 Å². The molecule has 1 rings (SSSR count). The van der Waals surface area contributed by atoms with E-state index in [4.69, 9.17) is 28.9 Å². The largest absolute Gasteiger partial charge is 0.396 e. The molecule has 0 aliphatic rings. The van der Waals surface area contributed by atoms with Gasteiger partial charge in [-0.3, -0.25) is 0 Å². The molecule has 0 bridgehead atoms. The third-order valence-corrected chi connectivity index (χ3v) is 2.92. The van der Waals surface area contributed by atoms with Gasteiger partial charge in [0.25, 0.3) is 0 Å². The van der Waals surface area contributed by atoms with Crippen LogP contribution in [-0.2, 0) is 0 Å². The van der Waals surface area contributed by atoms with Crippen LogP contribution < -0.4 is 11.1 Å². The SMILES string of the molecule is CC(C)(C)NC(CO)c1cc(Cl)c(N)c(Cl)c1. The van der Waals surface area contributed by atoms with Crippen LogP contribution in [0.3, 0.4) is 0 Å². The molecule has 0 aliphatic carbocycles. The maximum Gasteiger partial charge on any atom is 0.0693 e. The van der Waals surface area contributed by atoms with Crippen molar-refractivity contribution in [2.75, 3.05) is 12.3 Å². The van der Waals surface area contributed by atoms with Crippen LogP contribution in [-0.4, -0.2) is 17.3 Å². The summed E-state index contributed by atoms with van der Waals surface area (Å²) in [5, 5.41) is 13.5. The maximum atomic E-state index is 9.41. The number of nitrogen functional groups attached to an aromatic ring is 1. The Morgan fingerprint density at radius 1 is 1.29 bits per heavy atom. The quantitative estimate of drug-likeness (QED) is 0.744. The standard InChI is InChI=1S/C12H18Cl2N2O/c1-12(2,3)16-10(6-17)7-4-8(13)11(15)9(14)5-7/h4-5,10,16-17H,6,15H2,1-3H3. The van der Waals surface area contributed by atoms with E-state index in [9.17, 15) is 5.11 Å². The number of hydrogen-bond donors (Lipinski definition) is 3. The second kappa shape index (κ2) is 5.44. The van der Waals surface area contributed by atoms with Crippen molar-refractivity contribution >= 4 is 28.9 Å². The summed E-state index contributed by atoms with van der Waals surface area (Å²) in [5.74, 6) is 0. The smallest absolute Gasteiger partial charge is 0.0693 e. The van der Waals surface area contributed by atoms with Gasteiger partial charge < -0.3 is 16.2 Å². The van der Waals surface area contributed by atoms with Crippen LogP contribution in [0.1, 0.15) is 32.4 Å². The Bertz CT molecular complexity index is 379. The second-order valence-corrected chi connectivity index (χ2v) is 5.84. The van der Waals surface area contributed by atoms with Gasteiger partial charge in [-0.1, -0.05) is 23.2 Å².